The second kappa shape index (κ2) is 7.31. The second-order valence-electron chi connectivity index (χ2n) is 5.53. The first-order valence-corrected chi connectivity index (χ1v) is 7.62. The minimum atomic E-state index is -0.331. The van der Waals surface area contributed by atoms with Crippen LogP contribution in [-0.4, -0.2) is 43.7 Å². The lowest BCUT2D eigenvalue weighted by atomic mass is 10.0. The molecule has 21 heavy (non-hydrogen) atoms. The number of nitrogens with zero attached hydrogens (tertiary/aromatic N) is 1. The largest absolute Gasteiger partial charge is 0.462 e. The van der Waals surface area contributed by atoms with Crippen LogP contribution in [-0.2, 0) is 4.74 Å². The predicted octanol–water partition coefficient (Wildman–Crippen LogP) is 2.34. The van der Waals surface area contributed by atoms with Gasteiger partial charge in [0, 0.05) is 12.6 Å². The number of ether oxygens (including phenoxy) is 1. The Morgan fingerprint density at radius 2 is 2.29 bits per heavy atom. The summed E-state index contributed by atoms with van der Waals surface area (Å²) in [5, 5.41) is 3.39. The Morgan fingerprint density at radius 1 is 1.48 bits per heavy atom. The van der Waals surface area contributed by atoms with Gasteiger partial charge in [-0.3, -0.25) is 0 Å². The lowest BCUT2D eigenvalue weighted by Crippen LogP contribution is -2.40. The van der Waals surface area contributed by atoms with Crippen LogP contribution in [0.5, 0.6) is 0 Å². The zero-order valence-corrected chi connectivity index (χ0v) is 12.9. The van der Waals surface area contributed by atoms with E-state index in [1.165, 1.54) is 19.3 Å². The number of carbonyl (C=O) groups excluding carboxylic acids is 1. The van der Waals surface area contributed by atoms with Crippen LogP contribution in [0, 0.1) is 0 Å². The van der Waals surface area contributed by atoms with E-state index < -0.39 is 0 Å². The van der Waals surface area contributed by atoms with Gasteiger partial charge in [-0.15, -0.1) is 0 Å². The van der Waals surface area contributed by atoms with Gasteiger partial charge in [0.25, 0.3) is 0 Å². The number of piperidine rings is 1. The van der Waals surface area contributed by atoms with E-state index in [0.717, 1.165) is 18.8 Å². The van der Waals surface area contributed by atoms with Crippen LogP contribution in [0.15, 0.2) is 18.2 Å². The van der Waals surface area contributed by atoms with Crippen molar-refractivity contribution in [2.45, 2.75) is 32.2 Å². The molecule has 0 aromatic heterocycles. The van der Waals surface area contributed by atoms with Crippen LogP contribution >= 0.6 is 0 Å². The average molecular weight is 291 g/mol. The quantitative estimate of drug-likeness (QED) is 0.644. The molecule has 0 amide bonds. The Hall–Kier alpha value is -1.75. The molecule has 1 unspecified atom stereocenters. The lowest BCUT2D eigenvalue weighted by molar-refractivity contribution is 0.0526. The summed E-state index contributed by atoms with van der Waals surface area (Å²) in [4.78, 5) is 14.0. The Morgan fingerprint density at radius 3 is 2.95 bits per heavy atom. The number of hydrogen-bond acceptors (Lipinski definition) is 5. The molecule has 1 heterocycles. The van der Waals surface area contributed by atoms with E-state index >= 15 is 0 Å². The smallest absolute Gasteiger partial charge is 0.338 e. The summed E-state index contributed by atoms with van der Waals surface area (Å²) in [5.74, 6) is -0.331. The molecule has 5 heteroatoms. The normalized spacial score (nSPS) is 19.2. The minimum Gasteiger partial charge on any atom is -0.462 e. The molecule has 1 aromatic carbocycles. The predicted molar refractivity (Wildman–Crippen MR) is 85.6 cm³/mol. The molecule has 116 valence electrons. The van der Waals surface area contributed by atoms with Crippen LogP contribution in [0.2, 0.25) is 0 Å². The van der Waals surface area contributed by atoms with Crippen LogP contribution in [0.1, 0.15) is 36.5 Å². The number of nitrogen functional groups attached to an aromatic ring is 1. The molecule has 1 fully saturated rings. The van der Waals surface area contributed by atoms with Gasteiger partial charge in [0.2, 0.25) is 0 Å². The number of likely N-dealkylation sites (N-methyl/N-ethyl adjacent to an activating group) is 1. The maximum atomic E-state index is 11.7. The lowest BCUT2D eigenvalue weighted by Gasteiger charge is -2.32. The van der Waals surface area contributed by atoms with Gasteiger partial charge < -0.3 is 20.7 Å². The number of anilines is 2. The third-order valence-electron chi connectivity index (χ3n) is 4.01. The van der Waals surface area contributed by atoms with E-state index in [-0.39, 0.29) is 5.97 Å². The second-order valence-corrected chi connectivity index (χ2v) is 5.53. The Balaban J connectivity index is 1.96. The van der Waals surface area contributed by atoms with Crippen molar-refractivity contribution in [3.8, 4) is 0 Å². The van der Waals surface area contributed by atoms with Gasteiger partial charge in [0.15, 0.2) is 0 Å². The molecule has 0 spiro atoms. The van der Waals surface area contributed by atoms with E-state index in [0.29, 0.717) is 23.9 Å². The third kappa shape index (κ3) is 4.11. The Bertz CT molecular complexity index is 490. The monoisotopic (exact) mass is 291 g/mol. The fraction of sp³-hybridized carbons (Fsp3) is 0.562. The van der Waals surface area contributed by atoms with E-state index in [4.69, 9.17) is 10.5 Å². The highest BCUT2D eigenvalue weighted by Crippen LogP contribution is 2.22. The topological polar surface area (TPSA) is 67.6 Å². The molecule has 0 radical (unpaired) electrons. The zero-order chi connectivity index (χ0) is 15.2. The van der Waals surface area contributed by atoms with E-state index in [9.17, 15) is 4.79 Å². The number of benzene rings is 1. The maximum Gasteiger partial charge on any atom is 0.338 e. The van der Waals surface area contributed by atoms with E-state index in [1.54, 1.807) is 19.1 Å². The average Bonchev–Trinajstić information content (AvgIpc) is 2.47. The van der Waals surface area contributed by atoms with Crippen LogP contribution < -0.4 is 11.1 Å². The molecular weight excluding hydrogens is 266 g/mol. The standard InChI is InChI=1S/C16H25N3O2/c1-3-21-16(20)12-7-8-15(14(17)10-12)18-11-13-6-4-5-9-19(13)2/h7-8,10,13,18H,3-6,9,11,17H2,1-2H3. The molecule has 2 rings (SSSR count). The first kappa shape index (κ1) is 15.6. The molecule has 0 saturated carbocycles. The van der Waals surface area contributed by atoms with Crippen LogP contribution in [0.25, 0.3) is 0 Å². The van der Waals surface area contributed by atoms with Crippen LogP contribution in [0.3, 0.4) is 0 Å². The van der Waals surface area contributed by atoms with E-state index in [2.05, 4.69) is 17.3 Å². The molecule has 1 aromatic rings. The Kier molecular flexibility index (Phi) is 5.44. The first-order valence-electron chi connectivity index (χ1n) is 7.62. The minimum absolute atomic E-state index is 0.331. The third-order valence-corrected chi connectivity index (χ3v) is 4.01. The van der Waals surface area contributed by atoms with Crippen molar-refractivity contribution in [1.29, 1.82) is 0 Å². The van der Waals surface area contributed by atoms with Gasteiger partial charge in [0.05, 0.1) is 23.5 Å². The van der Waals surface area contributed by atoms with Crippen molar-refractivity contribution < 1.29 is 9.53 Å². The molecule has 1 aliphatic rings. The fourth-order valence-electron chi connectivity index (χ4n) is 2.69. The molecule has 1 atom stereocenters. The SMILES string of the molecule is CCOC(=O)c1ccc(NCC2CCCCN2C)c(N)c1. The zero-order valence-electron chi connectivity index (χ0n) is 12.9. The summed E-state index contributed by atoms with van der Waals surface area (Å²) < 4.78 is 4.97. The van der Waals surface area contributed by atoms with Crippen molar-refractivity contribution >= 4 is 17.3 Å². The summed E-state index contributed by atoms with van der Waals surface area (Å²) >= 11 is 0. The molecule has 1 aliphatic heterocycles. The highest BCUT2D eigenvalue weighted by molar-refractivity contribution is 5.91. The number of nitrogens with two attached hydrogens (primary N) is 1. The first-order chi connectivity index (χ1) is 10.1. The molecule has 3 N–H and O–H groups in total. The summed E-state index contributed by atoms with van der Waals surface area (Å²) in [6.07, 6.45) is 3.78. The highest BCUT2D eigenvalue weighted by Gasteiger charge is 2.18. The number of carbonyl (C=O) groups is 1. The molecule has 0 bridgehead atoms. The van der Waals surface area contributed by atoms with Crippen molar-refractivity contribution in [1.82, 2.24) is 4.90 Å². The number of nitrogens with one attached hydrogen (secondary N) is 1. The van der Waals surface area contributed by atoms with Crippen molar-refractivity contribution in [3.05, 3.63) is 23.8 Å². The fourth-order valence-corrected chi connectivity index (χ4v) is 2.69. The summed E-state index contributed by atoms with van der Waals surface area (Å²) in [6, 6.07) is 5.82. The van der Waals surface area contributed by atoms with E-state index in [1.807, 2.05) is 6.07 Å². The van der Waals surface area contributed by atoms with Gasteiger partial charge in [0.1, 0.15) is 0 Å². The molecule has 1 saturated heterocycles. The molecule has 0 aliphatic carbocycles. The van der Waals surface area contributed by atoms with Gasteiger partial charge in [-0.1, -0.05) is 6.42 Å². The maximum absolute atomic E-state index is 11.7. The van der Waals surface area contributed by atoms with Crippen molar-refractivity contribution in [2.24, 2.45) is 0 Å². The van der Waals surface area contributed by atoms with Gasteiger partial charge in [-0.25, -0.2) is 4.79 Å². The molecular formula is C16H25N3O2. The number of hydrogen-bond donors (Lipinski definition) is 2. The number of likely N-dealkylation sites (tertiary alicyclic amines) is 1. The summed E-state index contributed by atoms with van der Waals surface area (Å²) in [7, 11) is 2.17. The van der Waals surface area contributed by atoms with Crippen molar-refractivity contribution in [2.75, 3.05) is 37.8 Å². The van der Waals surface area contributed by atoms with Gasteiger partial charge in [-0.2, -0.15) is 0 Å². The molecule has 5 nitrogen and oxygen atoms in total. The summed E-state index contributed by atoms with van der Waals surface area (Å²) in [5.41, 5.74) is 7.98. The summed E-state index contributed by atoms with van der Waals surface area (Å²) in [6.45, 7) is 4.19. The van der Waals surface area contributed by atoms with Gasteiger partial charge in [-0.05, 0) is 51.6 Å². The highest BCUT2D eigenvalue weighted by atomic mass is 16.5. The van der Waals surface area contributed by atoms with Gasteiger partial charge >= 0.3 is 5.97 Å². The van der Waals surface area contributed by atoms with Crippen molar-refractivity contribution in [3.63, 3.8) is 0 Å². The number of rotatable bonds is 5. The Labute approximate surface area is 126 Å². The van der Waals surface area contributed by atoms with Crippen LogP contribution in [0.4, 0.5) is 11.4 Å². The number of esters is 1.